The molecule has 0 amide bonds. The van der Waals surface area contributed by atoms with Crippen LogP contribution >= 0.6 is 0 Å². The van der Waals surface area contributed by atoms with Crippen LogP contribution in [-0.4, -0.2) is 41.8 Å². The van der Waals surface area contributed by atoms with Crippen LogP contribution in [0.15, 0.2) is 24.3 Å². The van der Waals surface area contributed by atoms with Crippen LogP contribution in [0.3, 0.4) is 0 Å². The lowest BCUT2D eigenvalue weighted by molar-refractivity contribution is -0.187. The van der Waals surface area contributed by atoms with Crippen LogP contribution in [0.1, 0.15) is 36.3 Å². The van der Waals surface area contributed by atoms with Gasteiger partial charge in [-0.05, 0) is 36.9 Å². The molecule has 2 rings (SSSR count). The molecule has 1 aliphatic heterocycles. The number of likely N-dealkylation sites (tertiary alicyclic amines) is 1. The second-order valence-corrected chi connectivity index (χ2v) is 6.56. The van der Waals surface area contributed by atoms with E-state index >= 15 is 0 Å². The topological polar surface area (TPSA) is 40.5 Å². The van der Waals surface area contributed by atoms with Crippen molar-refractivity contribution < 1.29 is 36.2 Å². The van der Waals surface area contributed by atoms with E-state index in [1.54, 1.807) is 6.07 Å². The molecule has 9 heteroatoms. The highest BCUT2D eigenvalue weighted by molar-refractivity contribution is 5.67. The molecule has 1 N–H and O–H groups in total. The molecule has 0 saturated carbocycles. The number of carbonyl (C=O) groups is 1. The van der Waals surface area contributed by atoms with Crippen LogP contribution in [0.4, 0.5) is 26.3 Å². The van der Waals surface area contributed by atoms with Crippen LogP contribution in [0, 0.1) is 5.92 Å². The van der Waals surface area contributed by atoms with Crippen LogP contribution < -0.4 is 0 Å². The van der Waals surface area contributed by atoms with E-state index in [2.05, 4.69) is 0 Å². The molecule has 3 nitrogen and oxygen atoms in total. The Morgan fingerprint density at radius 2 is 1.92 bits per heavy atom. The Balaban J connectivity index is 2.10. The molecule has 146 valence electrons. The fourth-order valence-electron chi connectivity index (χ4n) is 3.27. The zero-order valence-corrected chi connectivity index (χ0v) is 13.8. The molecule has 0 aliphatic carbocycles. The summed E-state index contributed by atoms with van der Waals surface area (Å²) in [5.41, 5.74) is -0.350. The lowest BCUT2D eigenvalue weighted by Gasteiger charge is -2.35. The molecule has 0 bridgehead atoms. The number of hydrogen-bond donors (Lipinski definition) is 1. The van der Waals surface area contributed by atoms with Crippen molar-refractivity contribution in [3.8, 4) is 0 Å². The molecular formula is C17H19F6NO2. The molecule has 0 radical (unpaired) electrons. The van der Waals surface area contributed by atoms with Crippen LogP contribution in [-0.2, 0) is 11.0 Å². The van der Waals surface area contributed by atoms with Gasteiger partial charge in [0, 0.05) is 13.1 Å². The van der Waals surface area contributed by atoms with Crippen molar-refractivity contribution in [2.75, 3.05) is 19.6 Å². The first kappa shape index (κ1) is 20.5. The van der Waals surface area contributed by atoms with Gasteiger partial charge in [0.1, 0.15) is 0 Å². The summed E-state index contributed by atoms with van der Waals surface area (Å²) in [4.78, 5) is 12.2. The molecule has 1 fully saturated rings. The highest BCUT2D eigenvalue weighted by Gasteiger charge is 2.42. The SMILES string of the molecule is O=C(O)C[C@@H](CN1CCC[C@H](c2cccc(C(F)(F)F)c2)C1)C(F)(F)F. The highest BCUT2D eigenvalue weighted by Crippen LogP contribution is 2.35. The van der Waals surface area contributed by atoms with Crippen molar-refractivity contribution in [3.63, 3.8) is 0 Å². The van der Waals surface area contributed by atoms with Crippen molar-refractivity contribution in [2.45, 2.75) is 37.5 Å². The first-order valence-corrected chi connectivity index (χ1v) is 8.15. The summed E-state index contributed by atoms with van der Waals surface area (Å²) in [6.07, 6.45) is -9.02. The van der Waals surface area contributed by atoms with Crippen molar-refractivity contribution in [1.29, 1.82) is 0 Å². The number of rotatable bonds is 5. The number of aliphatic carboxylic acids is 1. The predicted molar refractivity (Wildman–Crippen MR) is 81.7 cm³/mol. The quantitative estimate of drug-likeness (QED) is 0.759. The molecule has 0 unspecified atom stereocenters. The van der Waals surface area contributed by atoms with Crippen molar-refractivity contribution >= 4 is 5.97 Å². The maximum absolute atomic E-state index is 13.0. The van der Waals surface area contributed by atoms with Gasteiger partial charge in [0.15, 0.2) is 0 Å². The van der Waals surface area contributed by atoms with E-state index in [1.165, 1.54) is 11.0 Å². The first-order valence-electron chi connectivity index (χ1n) is 8.15. The largest absolute Gasteiger partial charge is 0.481 e. The third kappa shape index (κ3) is 5.62. The summed E-state index contributed by atoms with van der Waals surface area (Å²) in [7, 11) is 0. The summed E-state index contributed by atoms with van der Waals surface area (Å²) < 4.78 is 77.6. The number of benzene rings is 1. The average Bonchev–Trinajstić information content (AvgIpc) is 2.53. The van der Waals surface area contributed by atoms with Gasteiger partial charge < -0.3 is 10.0 Å². The summed E-state index contributed by atoms with van der Waals surface area (Å²) in [5.74, 6) is -3.84. The fraction of sp³-hybridized carbons (Fsp3) is 0.588. The molecular weight excluding hydrogens is 364 g/mol. The molecule has 1 aromatic rings. The Bertz CT molecular complexity index is 628. The van der Waals surface area contributed by atoms with Gasteiger partial charge in [0.2, 0.25) is 0 Å². The normalized spacial score (nSPS) is 20.8. The Morgan fingerprint density at radius 3 is 2.50 bits per heavy atom. The minimum Gasteiger partial charge on any atom is -0.481 e. The smallest absolute Gasteiger partial charge is 0.416 e. The van der Waals surface area contributed by atoms with Gasteiger partial charge in [-0.1, -0.05) is 18.2 Å². The highest BCUT2D eigenvalue weighted by atomic mass is 19.4. The predicted octanol–water partition coefficient (Wildman–Crippen LogP) is 4.54. The third-order valence-corrected chi connectivity index (χ3v) is 4.55. The minimum atomic E-state index is -4.64. The van der Waals surface area contributed by atoms with E-state index in [0.29, 0.717) is 24.9 Å². The molecule has 0 spiro atoms. The van der Waals surface area contributed by atoms with E-state index in [1.807, 2.05) is 0 Å². The molecule has 1 aromatic carbocycles. The Morgan fingerprint density at radius 1 is 1.23 bits per heavy atom. The number of carboxylic acid groups (broad SMARTS) is 1. The lowest BCUT2D eigenvalue weighted by Crippen LogP contribution is -2.42. The van der Waals surface area contributed by atoms with E-state index in [0.717, 1.165) is 12.1 Å². The number of hydrogen-bond acceptors (Lipinski definition) is 2. The van der Waals surface area contributed by atoms with Crippen LogP contribution in [0.25, 0.3) is 0 Å². The molecule has 2 atom stereocenters. The van der Waals surface area contributed by atoms with Gasteiger partial charge in [-0.2, -0.15) is 26.3 Å². The number of alkyl halides is 6. The zero-order chi connectivity index (χ0) is 19.5. The maximum Gasteiger partial charge on any atom is 0.416 e. The maximum atomic E-state index is 13.0. The average molecular weight is 383 g/mol. The summed E-state index contributed by atoms with van der Waals surface area (Å²) in [6, 6.07) is 4.82. The minimum absolute atomic E-state index is 0.174. The number of carboxylic acids is 1. The fourth-order valence-corrected chi connectivity index (χ4v) is 3.27. The summed E-state index contributed by atoms with van der Waals surface area (Å²) in [6.45, 7) is 0.0699. The standard InChI is InChI=1S/C17H19F6NO2/c18-16(19,20)13-5-1-3-11(7-13)12-4-2-6-24(9-12)10-14(8-15(25)26)17(21,22)23/h1,3,5,7,12,14H,2,4,6,8-10H2,(H,25,26)/t12-,14-/m0/s1. The monoisotopic (exact) mass is 383 g/mol. The summed E-state index contributed by atoms with van der Waals surface area (Å²) in [5, 5.41) is 8.69. The third-order valence-electron chi connectivity index (χ3n) is 4.55. The molecule has 1 saturated heterocycles. The van der Waals surface area contributed by atoms with Gasteiger partial charge in [0.05, 0.1) is 17.9 Å². The Hall–Kier alpha value is -1.77. The van der Waals surface area contributed by atoms with Crippen LogP contribution in [0.2, 0.25) is 0 Å². The van der Waals surface area contributed by atoms with Gasteiger partial charge in [-0.25, -0.2) is 0 Å². The van der Waals surface area contributed by atoms with Crippen molar-refractivity contribution in [3.05, 3.63) is 35.4 Å². The van der Waals surface area contributed by atoms with Gasteiger partial charge in [-0.15, -0.1) is 0 Å². The van der Waals surface area contributed by atoms with Crippen LogP contribution in [0.5, 0.6) is 0 Å². The zero-order valence-electron chi connectivity index (χ0n) is 13.8. The summed E-state index contributed by atoms with van der Waals surface area (Å²) >= 11 is 0. The molecule has 1 aliphatic rings. The van der Waals surface area contributed by atoms with E-state index in [9.17, 15) is 31.1 Å². The van der Waals surface area contributed by atoms with E-state index in [-0.39, 0.29) is 12.5 Å². The number of halogens is 6. The van der Waals surface area contributed by atoms with Crippen molar-refractivity contribution in [1.82, 2.24) is 4.90 Å². The molecule has 1 heterocycles. The van der Waals surface area contributed by atoms with E-state index < -0.39 is 42.8 Å². The van der Waals surface area contributed by atoms with Gasteiger partial charge in [-0.3, -0.25) is 4.79 Å². The Labute approximate surface area is 146 Å². The second-order valence-electron chi connectivity index (χ2n) is 6.56. The number of nitrogens with zero attached hydrogens (tertiary/aromatic N) is 1. The van der Waals surface area contributed by atoms with Gasteiger partial charge in [0.25, 0.3) is 0 Å². The molecule has 26 heavy (non-hydrogen) atoms. The van der Waals surface area contributed by atoms with E-state index in [4.69, 9.17) is 5.11 Å². The lowest BCUT2D eigenvalue weighted by atomic mass is 9.89. The van der Waals surface area contributed by atoms with Crippen molar-refractivity contribution in [2.24, 2.45) is 5.92 Å². The van der Waals surface area contributed by atoms with Gasteiger partial charge >= 0.3 is 18.3 Å². The molecule has 0 aromatic heterocycles. The Kier molecular flexibility index (Phi) is 6.21. The first-order chi connectivity index (χ1) is 12.0. The number of piperidine rings is 1. The second kappa shape index (κ2) is 7.85.